The van der Waals surface area contributed by atoms with Gasteiger partial charge in [-0.05, 0) is 37.6 Å². The average Bonchev–Trinajstić information content (AvgIpc) is 2.47. The second-order valence-electron chi connectivity index (χ2n) is 5.69. The molecule has 1 aromatic rings. The molecule has 0 fully saturated rings. The highest BCUT2D eigenvalue weighted by molar-refractivity contribution is 7.92. The molecule has 1 unspecified atom stereocenters. The first-order valence-corrected chi connectivity index (χ1v) is 9.63. The summed E-state index contributed by atoms with van der Waals surface area (Å²) in [5.41, 5.74) is 1.03. The predicted octanol–water partition coefficient (Wildman–Crippen LogP) is 1.72. The van der Waals surface area contributed by atoms with Crippen molar-refractivity contribution in [1.29, 1.82) is 0 Å². The van der Waals surface area contributed by atoms with E-state index in [9.17, 15) is 18.0 Å². The van der Waals surface area contributed by atoms with Crippen LogP contribution in [0.4, 0.5) is 11.4 Å². The first-order chi connectivity index (χ1) is 11.1. The topological polar surface area (TPSA) is 95.6 Å². The fourth-order valence-electron chi connectivity index (χ4n) is 2.05. The van der Waals surface area contributed by atoms with E-state index < -0.39 is 10.0 Å². The molecule has 0 saturated heterocycles. The second-order valence-corrected chi connectivity index (χ2v) is 7.60. The summed E-state index contributed by atoms with van der Waals surface area (Å²) in [4.78, 5) is 22.9. The Labute approximate surface area is 143 Å². The van der Waals surface area contributed by atoms with Gasteiger partial charge in [0.05, 0.1) is 11.9 Å². The van der Waals surface area contributed by atoms with Gasteiger partial charge < -0.3 is 10.6 Å². The second kappa shape index (κ2) is 8.68. The molecular formula is C16H25N3O4S. The lowest BCUT2D eigenvalue weighted by Crippen LogP contribution is -2.37. The lowest BCUT2D eigenvalue weighted by atomic mass is 10.2. The third-order valence-corrected chi connectivity index (χ3v) is 4.63. The van der Waals surface area contributed by atoms with Gasteiger partial charge in [0.1, 0.15) is 0 Å². The summed E-state index contributed by atoms with van der Waals surface area (Å²) >= 11 is 0. The largest absolute Gasteiger partial charge is 0.354 e. The van der Waals surface area contributed by atoms with Crippen LogP contribution in [0, 0.1) is 0 Å². The molecule has 134 valence electrons. The smallest absolute Gasteiger partial charge is 0.232 e. The van der Waals surface area contributed by atoms with Crippen LogP contribution in [0.25, 0.3) is 0 Å². The van der Waals surface area contributed by atoms with Crippen molar-refractivity contribution in [2.24, 2.45) is 0 Å². The van der Waals surface area contributed by atoms with E-state index in [-0.39, 0.29) is 30.8 Å². The maximum absolute atomic E-state index is 12.0. The van der Waals surface area contributed by atoms with E-state index in [1.54, 1.807) is 24.3 Å². The summed E-state index contributed by atoms with van der Waals surface area (Å²) in [6.07, 6.45) is 1.98. The van der Waals surface area contributed by atoms with Crippen LogP contribution in [0.2, 0.25) is 0 Å². The zero-order valence-corrected chi connectivity index (χ0v) is 15.3. The van der Waals surface area contributed by atoms with E-state index in [2.05, 4.69) is 10.6 Å². The first-order valence-electron chi connectivity index (χ1n) is 7.78. The molecule has 0 aliphatic carbocycles. The Bertz CT molecular complexity index is 671. The molecule has 0 aliphatic heterocycles. The minimum Gasteiger partial charge on any atom is -0.354 e. The van der Waals surface area contributed by atoms with E-state index in [1.165, 1.54) is 11.2 Å². The monoisotopic (exact) mass is 355 g/mol. The van der Waals surface area contributed by atoms with Crippen molar-refractivity contribution in [2.45, 2.75) is 39.7 Å². The molecule has 1 aromatic carbocycles. The van der Waals surface area contributed by atoms with Crippen molar-refractivity contribution < 1.29 is 18.0 Å². The van der Waals surface area contributed by atoms with Gasteiger partial charge >= 0.3 is 0 Å². The molecule has 1 rings (SSSR count). The number of sulfonamides is 1. The van der Waals surface area contributed by atoms with Crippen molar-refractivity contribution in [2.75, 3.05) is 22.4 Å². The van der Waals surface area contributed by atoms with Gasteiger partial charge in [-0.3, -0.25) is 13.9 Å². The number of carbonyl (C=O) groups is 2. The molecule has 0 radical (unpaired) electrons. The van der Waals surface area contributed by atoms with Crippen molar-refractivity contribution in [1.82, 2.24) is 5.32 Å². The Balaban J connectivity index is 2.83. The van der Waals surface area contributed by atoms with Crippen LogP contribution >= 0.6 is 0 Å². The Kier molecular flexibility index (Phi) is 7.21. The Hall–Kier alpha value is -2.09. The molecular weight excluding hydrogens is 330 g/mol. The van der Waals surface area contributed by atoms with Crippen molar-refractivity contribution in [3.63, 3.8) is 0 Å². The summed E-state index contributed by atoms with van der Waals surface area (Å²) < 4.78 is 25.2. The molecule has 0 aliphatic rings. The summed E-state index contributed by atoms with van der Waals surface area (Å²) in [5, 5.41) is 5.43. The summed E-state index contributed by atoms with van der Waals surface area (Å²) in [6.45, 7) is 5.31. The van der Waals surface area contributed by atoms with Crippen molar-refractivity contribution >= 4 is 33.2 Å². The van der Waals surface area contributed by atoms with Gasteiger partial charge in [0.25, 0.3) is 0 Å². The molecule has 0 bridgehead atoms. The maximum atomic E-state index is 12.0. The number of amides is 2. The maximum Gasteiger partial charge on any atom is 0.232 e. The van der Waals surface area contributed by atoms with Crippen molar-refractivity contribution in [3.8, 4) is 0 Å². The zero-order chi connectivity index (χ0) is 18.3. The van der Waals surface area contributed by atoms with Crippen LogP contribution in [0.3, 0.4) is 0 Å². The van der Waals surface area contributed by atoms with Crippen molar-refractivity contribution in [3.05, 3.63) is 24.3 Å². The Morgan fingerprint density at radius 1 is 1.21 bits per heavy atom. The number of anilines is 2. The minimum absolute atomic E-state index is 0.0561. The lowest BCUT2D eigenvalue weighted by molar-refractivity contribution is -0.121. The quantitative estimate of drug-likeness (QED) is 0.742. The van der Waals surface area contributed by atoms with Crippen LogP contribution < -0.4 is 14.9 Å². The highest BCUT2D eigenvalue weighted by atomic mass is 32.2. The van der Waals surface area contributed by atoms with Gasteiger partial charge in [-0.15, -0.1) is 0 Å². The molecule has 2 N–H and O–H groups in total. The van der Waals surface area contributed by atoms with Gasteiger partial charge in [0.2, 0.25) is 21.8 Å². The summed E-state index contributed by atoms with van der Waals surface area (Å²) in [7, 11) is -3.52. The molecule has 0 saturated carbocycles. The molecule has 8 heteroatoms. The number of nitrogens with zero attached hydrogens (tertiary/aromatic N) is 1. The molecule has 1 atom stereocenters. The van der Waals surface area contributed by atoms with Crippen LogP contribution in [0.5, 0.6) is 0 Å². The van der Waals surface area contributed by atoms with Crippen LogP contribution in [0.15, 0.2) is 24.3 Å². The number of carbonyl (C=O) groups excluding carboxylic acids is 2. The normalized spacial score (nSPS) is 12.3. The highest BCUT2D eigenvalue weighted by Crippen LogP contribution is 2.20. The van der Waals surface area contributed by atoms with E-state index in [4.69, 9.17) is 0 Å². The molecule has 24 heavy (non-hydrogen) atoms. The standard InChI is InChI=1S/C16H25N3O4S/c1-5-12(2)17-16(21)10-11-19(24(4,22)23)15-8-6-14(7-9-15)18-13(3)20/h6-9,12H,5,10-11H2,1-4H3,(H,17,21)(H,18,20). The molecule has 0 aromatic heterocycles. The van der Waals surface area contributed by atoms with Gasteiger partial charge in [-0.2, -0.15) is 0 Å². The van der Waals surface area contributed by atoms with E-state index in [1.807, 2.05) is 13.8 Å². The van der Waals surface area contributed by atoms with Crippen LogP contribution in [-0.4, -0.2) is 39.1 Å². The number of rotatable bonds is 8. The Morgan fingerprint density at radius 3 is 2.25 bits per heavy atom. The van der Waals surface area contributed by atoms with Gasteiger partial charge in [-0.1, -0.05) is 6.92 Å². The number of nitrogens with one attached hydrogen (secondary N) is 2. The van der Waals surface area contributed by atoms with Gasteiger partial charge in [0, 0.05) is 31.6 Å². The first kappa shape index (κ1) is 20.0. The molecule has 0 spiro atoms. The van der Waals surface area contributed by atoms with E-state index in [0.29, 0.717) is 11.4 Å². The number of hydrogen-bond donors (Lipinski definition) is 2. The van der Waals surface area contributed by atoms with Crippen LogP contribution in [-0.2, 0) is 19.6 Å². The van der Waals surface area contributed by atoms with Crippen LogP contribution in [0.1, 0.15) is 33.6 Å². The fourth-order valence-corrected chi connectivity index (χ4v) is 2.98. The van der Waals surface area contributed by atoms with Gasteiger partial charge in [-0.25, -0.2) is 8.42 Å². The summed E-state index contributed by atoms with van der Waals surface area (Å²) in [6, 6.07) is 6.49. The Morgan fingerprint density at radius 2 is 1.79 bits per heavy atom. The van der Waals surface area contributed by atoms with E-state index in [0.717, 1.165) is 12.7 Å². The minimum atomic E-state index is -3.52. The number of hydrogen-bond acceptors (Lipinski definition) is 4. The third kappa shape index (κ3) is 6.57. The average molecular weight is 355 g/mol. The third-order valence-electron chi connectivity index (χ3n) is 3.44. The molecule has 7 nitrogen and oxygen atoms in total. The SMILES string of the molecule is CCC(C)NC(=O)CCN(c1ccc(NC(C)=O)cc1)S(C)(=O)=O. The highest BCUT2D eigenvalue weighted by Gasteiger charge is 2.19. The lowest BCUT2D eigenvalue weighted by Gasteiger charge is -2.23. The summed E-state index contributed by atoms with van der Waals surface area (Å²) in [5.74, 6) is -0.391. The number of benzene rings is 1. The van der Waals surface area contributed by atoms with Gasteiger partial charge in [0.15, 0.2) is 0 Å². The zero-order valence-electron chi connectivity index (χ0n) is 14.5. The molecule has 0 heterocycles. The van der Waals surface area contributed by atoms with E-state index >= 15 is 0 Å². The fraction of sp³-hybridized carbons (Fsp3) is 0.500. The molecule has 2 amide bonds. The predicted molar refractivity (Wildman–Crippen MR) is 95.4 cm³/mol.